The minimum Gasteiger partial charge on any atom is -0.490 e. The summed E-state index contributed by atoms with van der Waals surface area (Å²) < 4.78 is 11.1. The summed E-state index contributed by atoms with van der Waals surface area (Å²) in [4.78, 5) is 0. The molecule has 2 N–H and O–H groups in total. The number of hydrogen-bond acceptors (Lipinski definition) is 3. The summed E-state index contributed by atoms with van der Waals surface area (Å²) in [6.07, 6.45) is 1.86. The molecule has 0 radical (unpaired) electrons. The van der Waals surface area contributed by atoms with Crippen LogP contribution in [0.25, 0.3) is 0 Å². The second-order valence-electron chi connectivity index (χ2n) is 4.02. The van der Waals surface area contributed by atoms with E-state index >= 15 is 0 Å². The van der Waals surface area contributed by atoms with Gasteiger partial charge in [0.15, 0.2) is 11.5 Å². The number of ether oxygens (including phenoxy) is 2. The molecule has 0 aliphatic heterocycles. The SMILES string of the molecule is CCOc1ccc(C[C@H](N)CC)cc1OCC. The smallest absolute Gasteiger partial charge is 0.161 e. The minimum absolute atomic E-state index is 0.211. The Bertz CT molecular complexity index is 339. The van der Waals surface area contributed by atoms with Crippen molar-refractivity contribution in [3.8, 4) is 11.5 Å². The van der Waals surface area contributed by atoms with E-state index in [1.54, 1.807) is 0 Å². The van der Waals surface area contributed by atoms with Gasteiger partial charge >= 0.3 is 0 Å². The molecule has 0 fully saturated rings. The maximum absolute atomic E-state index is 5.95. The maximum atomic E-state index is 5.95. The topological polar surface area (TPSA) is 44.5 Å². The molecule has 0 bridgehead atoms. The van der Waals surface area contributed by atoms with E-state index in [1.165, 1.54) is 5.56 Å². The molecule has 3 nitrogen and oxygen atoms in total. The third-order valence-electron chi connectivity index (χ3n) is 2.63. The van der Waals surface area contributed by atoms with Gasteiger partial charge in [-0.2, -0.15) is 0 Å². The summed E-state index contributed by atoms with van der Waals surface area (Å²) in [5.74, 6) is 1.62. The quantitative estimate of drug-likeness (QED) is 0.793. The second kappa shape index (κ2) is 7.17. The van der Waals surface area contributed by atoms with Crippen molar-refractivity contribution in [2.24, 2.45) is 5.73 Å². The molecule has 1 rings (SSSR count). The van der Waals surface area contributed by atoms with E-state index in [9.17, 15) is 0 Å². The lowest BCUT2D eigenvalue weighted by molar-refractivity contribution is 0.287. The zero-order valence-electron chi connectivity index (χ0n) is 11.0. The first kappa shape index (κ1) is 13.8. The first-order chi connectivity index (χ1) is 8.21. The van der Waals surface area contributed by atoms with Crippen LogP contribution >= 0.6 is 0 Å². The fraction of sp³-hybridized carbons (Fsp3) is 0.571. The number of nitrogens with two attached hydrogens (primary N) is 1. The first-order valence-electron chi connectivity index (χ1n) is 6.35. The Morgan fingerprint density at radius 1 is 1.06 bits per heavy atom. The highest BCUT2D eigenvalue weighted by Crippen LogP contribution is 2.28. The van der Waals surface area contributed by atoms with Crippen molar-refractivity contribution in [1.82, 2.24) is 0 Å². The van der Waals surface area contributed by atoms with Crippen LogP contribution in [0.15, 0.2) is 18.2 Å². The molecule has 0 spiro atoms. The lowest BCUT2D eigenvalue weighted by atomic mass is 10.0. The second-order valence-corrected chi connectivity index (χ2v) is 4.02. The van der Waals surface area contributed by atoms with Crippen LogP contribution in [-0.2, 0) is 6.42 Å². The molecule has 0 unspecified atom stereocenters. The summed E-state index contributed by atoms with van der Waals surface area (Å²) in [5.41, 5.74) is 7.15. The van der Waals surface area contributed by atoms with Crippen LogP contribution in [0.4, 0.5) is 0 Å². The van der Waals surface area contributed by atoms with Crippen molar-refractivity contribution in [1.29, 1.82) is 0 Å². The summed E-state index contributed by atoms with van der Waals surface area (Å²) in [6.45, 7) is 7.33. The van der Waals surface area contributed by atoms with Gasteiger partial charge in [0.05, 0.1) is 13.2 Å². The molecule has 0 saturated carbocycles. The van der Waals surface area contributed by atoms with Crippen LogP contribution < -0.4 is 15.2 Å². The van der Waals surface area contributed by atoms with Crippen molar-refractivity contribution >= 4 is 0 Å². The standard InChI is InChI=1S/C14H23NO2/c1-4-12(15)9-11-7-8-13(16-5-2)14(10-11)17-6-3/h7-8,10,12H,4-6,9,15H2,1-3H3/t12-/m1/s1. The predicted molar refractivity (Wildman–Crippen MR) is 70.8 cm³/mol. The summed E-state index contributed by atoms with van der Waals surface area (Å²) in [5, 5.41) is 0. The van der Waals surface area contributed by atoms with Gasteiger partial charge in [0.1, 0.15) is 0 Å². The van der Waals surface area contributed by atoms with Gasteiger partial charge in [-0.05, 0) is 44.4 Å². The zero-order valence-corrected chi connectivity index (χ0v) is 11.0. The summed E-state index contributed by atoms with van der Waals surface area (Å²) in [6, 6.07) is 6.27. The van der Waals surface area contributed by atoms with E-state index in [0.717, 1.165) is 24.3 Å². The van der Waals surface area contributed by atoms with E-state index in [-0.39, 0.29) is 6.04 Å². The Balaban J connectivity index is 2.84. The van der Waals surface area contributed by atoms with Crippen molar-refractivity contribution in [3.63, 3.8) is 0 Å². The summed E-state index contributed by atoms with van der Waals surface area (Å²) in [7, 11) is 0. The lowest BCUT2D eigenvalue weighted by Crippen LogP contribution is -2.21. The first-order valence-corrected chi connectivity index (χ1v) is 6.35. The van der Waals surface area contributed by atoms with E-state index in [1.807, 2.05) is 26.0 Å². The van der Waals surface area contributed by atoms with E-state index in [2.05, 4.69) is 13.0 Å². The Kier molecular flexibility index (Phi) is 5.84. The Hall–Kier alpha value is -1.22. The molecule has 1 atom stereocenters. The highest BCUT2D eigenvalue weighted by Gasteiger charge is 2.08. The van der Waals surface area contributed by atoms with Crippen LogP contribution in [0.5, 0.6) is 11.5 Å². The molecule has 1 aromatic carbocycles. The van der Waals surface area contributed by atoms with Gasteiger partial charge in [-0.3, -0.25) is 0 Å². The van der Waals surface area contributed by atoms with Crippen LogP contribution in [0.3, 0.4) is 0 Å². The van der Waals surface area contributed by atoms with Crippen molar-refractivity contribution < 1.29 is 9.47 Å². The van der Waals surface area contributed by atoms with Crippen LogP contribution in [0, 0.1) is 0 Å². The molecule has 0 aromatic heterocycles. The molecule has 0 amide bonds. The molecule has 0 aliphatic carbocycles. The number of rotatable bonds is 7. The highest BCUT2D eigenvalue weighted by molar-refractivity contribution is 5.43. The van der Waals surface area contributed by atoms with Gasteiger partial charge in [-0.15, -0.1) is 0 Å². The maximum Gasteiger partial charge on any atom is 0.161 e. The normalized spacial score (nSPS) is 12.2. The lowest BCUT2D eigenvalue weighted by Gasteiger charge is -2.14. The molecule has 1 aromatic rings. The van der Waals surface area contributed by atoms with Crippen LogP contribution in [0.1, 0.15) is 32.8 Å². The average molecular weight is 237 g/mol. The molecule has 0 saturated heterocycles. The van der Waals surface area contributed by atoms with E-state index in [0.29, 0.717) is 13.2 Å². The third kappa shape index (κ3) is 4.27. The average Bonchev–Trinajstić information content (AvgIpc) is 2.33. The van der Waals surface area contributed by atoms with Gasteiger partial charge in [0.25, 0.3) is 0 Å². The van der Waals surface area contributed by atoms with Crippen LogP contribution in [0.2, 0.25) is 0 Å². The van der Waals surface area contributed by atoms with Gasteiger partial charge in [0, 0.05) is 6.04 Å². The Labute approximate surface area is 104 Å². The Morgan fingerprint density at radius 3 is 2.29 bits per heavy atom. The van der Waals surface area contributed by atoms with Gasteiger partial charge < -0.3 is 15.2 Å². The Morgan fingerprint density at radius 2 is 1.71 bits per heavy atom. The van der Waals surface area contributed by atoms with Gasteiger partial charge in [0.2, 0.25) is 0 Å². The molecular weight excluding hydrogens is 214 g/mol. The van der Waals surface area contributed by atoms with E-state index in [4.69, 9.17) is 15.2 Å². The fourth-order valence-electron chi connectivity index (χ4n) is 1.67. The minimum atomic E-state index is 0.211. The third-order valence-corrected chi connectivity index (χ3v) is 2.63. The molecule has 17 heavy (non-hydrogen) atoms. The number of benzene rings is 1. The largest absolute Gasteiger partial charge is 0.490 e. The van der Waals surface area contributed by atoms with Gasteiger partial charge in [-0.25, -0.2) is 0 Å². The number of hydrogen-bond donors (Lipinski definition) is 1. The zero-order chi connectivity index (χ0) is 12.7. The van der Waals surface area contributed by atoms with Crippen molar-refractivity contribution in [2.75, 3.05) is 13.2 Å². The highest BCUT2D eigenvalue weighted by atomic mass is 16.5. The summed E-state index contributed by atoms with van der Waals surface area (Å²) >= 11 is 0. The van der Waals surface area contributed by atoms with Gasteiger partial charge in [-0.1, -0.05) is 13.0 Å². The molecule has 0 heterocycles. The van der Waals surface area contributed by atoms with Crippen molar-refractivity contribution in [2.45, 2.75) is 39.7 Å². The predicted octanol–water partition coefficient (Wildman–Crippen LogP) is 2.76. The molecular formula is C14H23NO2. The fourth-order valence-corrected chi connectivity index (χ4v) is 1.67. The molecule has 96 valence electrons. The van der Waals surface area contributed by atoms with Crippen LogP contribution in [-0.4, -0.2) is 19.3 Å². The molecule has 0 aliphatic rings. The molecule has 3 heteroatoms. The van der Waals surface area contributed by atoms with Crippen molar-refractivity contribution in [3.05, 3.63) is 23.8 Å². The monoisotopic (exact) mass is 237 g/mol. The van der Waals surface area contributed by atoms with E-state index < -0.39 is 0 Å².